The molecule has 0 aliphatic rings. The molecule has 1 amide bonds. The highest BCUT2D eigenvalue weighted by atomic mass is 35.5. The summed E-state index contributed by atoms with van der Waals surface area (Å²) in [7, 11) is 0. The number of carbonyl (C=O) groups is 1. The first kappa shape index (κ1) is 17.3. The van der Waals surface area contributed by atoms with Crippen molar-refractivity contribution in [2.45, 2.75) is 52.2 Å². The van der Waals surface area contributed by atoms with Crippen molar-refractivity contribution in [1.29, 1.82) is 0 Å². The van der Waals surface area contributed by atoms with Gasteiger partial charge in [-0.3, -0.25) is 9.78 Å². The molecule has 0 bridgehead atoms. The summed E-state index contributed by atoms with van der Waals surface area (Å²) in [6.45, 7) is 7.44. The molecule has 0 aliphatic carbocycles. The van der Waals surface area contributed by atoms with Crippen LogP contribution in [0.4, 0.5) is 0 Å². The van der Waals surface area contributed by atoms with Gasteiger partial charge in [-0.25, -0.2) is 0 Å². The van der Waals surface area contributed by atoms with Crippen molar-refractivity contribution >= 4 is 17.5 Å². The fraction of sp³-hybridized carbons (Fsp3) is 0.500. The second kappa shape index (κ2) is 7.90. The summed E-state index contributed by atoms with van der Waals surface area (Å²) < 4.78 is 5.71. The Kier molecular flexibility index (Phi) is 6.51. The molecule has 0 fully saturated rings. The Labute approximate surface area is 131 Å². The van der Waals surface area contributed by atoms with Crippen LogP contribution in [0.25, 0.3) is 0 Å². The Balaban J connectivity index is 2.80. The Morgan fingerprint density at radius 2 is 2.24 bits per heavy atom. The molecule has 1 aromatic heterocycles. The number of nitrogens with one attached hydrogen (secondary N) is 1. The number of aromatic nitrogens is 1. The number of pyridine rings is 1. The van der Waals surface area contributed by atoms with Gasteiger partial charge in [-0.05, 0) is 27.2 Å². The SMILES string of the molecule is CC#CC(C)(C)NC(=O)C(CCC)Oc1cncc(Cl)c1. The fourth-order valence-electron chi connectivity index (χ4n) is 1.86. The van der Waals surface area contributed by atoms with E-state index in [4.69, 9.17) is 16.3 Å². The van der Waals surface area contributed by atoms with Gasteiger partial charge in [0, 0.05) is 12.3 Å². The zero-order valence-electron chi connectivity index (χ0n) is 12.9. The highest BCUT2D eigenvalue weighted by Gasteiger charge is 2.25. The second-order valence-corrected chi connectivity index (χ2v) is 5.66. The Bertz CT molecular complexity index is 547. The summed E-state index contributed by atoms with van der Waals surface area (Å²) in [4.78, 5) is 16.3. The van der Waals surface area contributed by atoms with Crippen molar-refractivity contribution in [3.8, 4) is 17.6 Å². The first-order valence-corrected chi connectivity index (χ1v) is 7.29. The van der Waals surface area contributed by atoms with Crippen molar-refractivity contribution in [1.82, 2.24) is 10.3 Å². The van der Waals surface area contributed by atoms with E-state index in [2.05, 4.69) is 22.1 Å². The van der Waals surface area contributed by atoms with Crippen LogP contribution < -0.4 is 10.1 Å². The largest absolute Gasteiger partial charge is 0.479 e. The van der Waals surface area contributed by atoms with Gasteiger partial charge in [0.25, 0.3) is 5.91 Å². The first-order chi connectivity index (χ1) is 9.88. The van der Waals surface area contributed by atoms with Crippen LogP contribution in [0.5, 0.6) is 5.75 Å². The molecule has 0 spiro atoms. The molecule has 1 unspecified atom stereocenters. The second-order valence-electron chi connectivity index (χ2n) is 5.22. The lowest BCUT2D eigenvalue weighted by Gasteiger charge is -2.24. The molecule has 5 heteroatoms. The van der Waals surface area contributed by atoms with Crippen LogP contribution in [-0.4, -0.2) is 22.5 Å². The molecule has 1 N–H and O–H groups in total. The van der Waals surface area contributed by atoms with Gasteiger partial charge in [0.15, 0.2) is 6.10 Å². The van der Waals surface area contributed by atoms with Gasteiger partial charge < -0.3 is 10.1 Å². The van der Waals surface area contributed by atoms with E-state index in [1.165, 1.54) is 6.20 Å². The molecule has 1 atom stereocenters. The van der Waals surface area contributed by atoms with Crippen LogP contribution in [0.1, 0.15) is 40.5 Å². The van der Waals surface area contributed by atoms with E-state index >= 15 is 0 Å². The monoisotopic (exact) mass is 308 g/mol. The Morgan fingerprint density at radius 3 is 2.81 bits per heavy atom. The molecule has 21 heavy (non-hydrogen) atoms. The smallest absolute Gasteiger partial charge is 0.262 e. The van der Waals surface area contributed by atoms with Crippen molar-refractivity contribution in [2.24, 2.45) is 0 Å². The van der Waals surface area contributed by atoms with Crippen molar-refractivity contribution in [3.63, 3.8) is 0 Å². The molecule has 1 rings (SSSR count). The summed E-state index contributed by atoms with van der Waals surface area (Å²) in [6, 6.07) is 1.64. The topological polar surface area (TPSA) is 51.2 Å². The standard InChI is InChI=1S/C16H21ClN2O2/c1-5-7-14(15(20)19-16(3,4)8-6-2)21-13-9-12(17)10-18-11-13/h9-11,14H,5,7H2,1-4H3,(H,19,20). The number of carbonyl (C=O) groups excluding carboxylic acids is 1. The van der Waals surface area contributed by atoms with Gasteiger partial charge in [-0.1, -0.05) is 30.9 Å². The maximum absolute atomic E-state index is 12.4. The highest BCUT2D eigenvalue weighted by molar-refractivity contribution is 6.30. The molecule has 1 heterocycles. The fourth-order valence-corrected chi connectivity index (χ4v) is 2.02. The summed E-state index contributed by atoms with van der Waals surface area (Å²) in [5, 5.41) is 3.36. The van der Waals surface area contributed by atoms with E-state index in [-0.39, 0.29) is 5.91 Å². The molecule has 0 radical (unpaired) electrons. The quantitative estimate of drug-likeness (QED) is 0.821. The molecular weight excluding hydrogens is 288 g/mol. The average Bonchev–Trinajstić information content (AvgIpc) is 2.37. The minimum Gasteiger partial charge on any atom is -0.479 e. The van der Waals surface area contributed by atoms with Gasteiger partial charge in [-0.2, -0.15) is 0 Å². The van der Waals surface area contributed by atoms with E-state index in [9.17, 15) is 4.79 Å². The number of rotatable bonds is 6. The van der Waals surface area contributed by atoms with Gasteiger partial charge >= 0.3 is 0 Å². The molecule has 0 aromatic carbocycles. The average molecular weight is 309 g/mol. The van der Waals surface area contributed by atoms with Crippen LogP contribution in [-0.2, 0) is 4.79 Å². The minimum atomic E-state index is -0.590. The number of amides is 1. The first-order valence-electron chi connectivity index (χ1n) is 6.91. The van der Waals surface area contributed by atoms with Gasteiger partial charge in [0.05, 0.1) is 16.8 Å². The van der Waals surface area contributed by atoms with Crippen LogP contribution in [0.3, 0.4) is 0 Å². The third kappa shape index (κ3) is 6.05. The van der Waals surface area contributed by atoms with Gasteiger partial charge in [0.2, 0.25) is 0 Å². The van der Waals surface area contributed by atoms with Gasteiger partial charge in [0.1, 0.15) is 5.75 Å². The lowest BCUT2D eigenvalue weighted by Crippen LogP contribution is -2.48. The number of halogens is 1. The number of nitrogens with zero attached hydrogens (tertiary/aromatic N) is 1. The third-order valence-electron chi connectivity index (χ3n) is 2.67. The molecule has 4 nitrogen and oxygen atoms in total. The summed E-state index contributed by atoms with van der Waals surface area (Å²) in [5.41, 5.74) is -0.590. The maximum atomic E-state index is 12.4. The zero-order valence-corrected chi connectivity index (χ0v) is 13.6. The maximum Gasteiger partial charge on any atom is 0.262 e. The third-order valence-corrected chi connectivity index (χ3v) is 2.88. The summed E-state index contributed by atoms with van der Waals surface area (Å²) >= 11 is 5.87. The van der Waals surface area contributed by atoms with E-state index in [1.807, 2.05) is 20.8 Å². The highest BCUT2D eigenvalue weighted by Crippen LogP contribution is 2.18. The minimum absolute atomic E-state index is 0.190. The Hall–Kier alpha value is -1.73. The van der Waals surface area contributed by atoms with Crippen molar-refractivity contribution < 1.29 is 9.53 Å². The zero-order chi connectivity index (χ0) is 15.9. The number of hydrogen-bond acceptors (Lipinski definition) is 3. The lowest BCUT2D eigenvalue weighted by atomic mass is 10.1. The summed E-state index contributed by atoms with van der Waals surface area (Å²) in [5.74, 6) is 6.05. The van der Waals surface area contributed by atoms with E-state index in [0.717, 1.165) is 6.42 Å². The molecule has 1 aromatic rings. The molecule has 0 saturated heterocycles. The normalized spacial score (nSPS) is 12.0. The van der Waals surface area contributed by atoms with Crippen molar-refractivity contribution in [2.75, 3.05) is 0 Å². The van der Waals surface area contributed by atoms with E-state index in [0.29, 0.717) is 17.2 Å². The van der Waals surface area contributed by atoms with Gasteiger partial charge in [-0.15, -0.1) is 5.92 Å². The Morgan fingerprint density at radius 1 is 1.52 bits per heavy atom. The molecule has 0 aliphatic heterocycles. The predicted octanol–water partition coefficient (Wildman–Crippen LogP) is 3.20. The number of ether oxygens (including phenoxy) is 1. The van der Waals surface area contributed by atoms with E-state index in [1.54, 1.807) is 19.2 Å². The molecule has 114 valence electrons. The van der Waals surface area contributed by atoms with Crippen molar-refractivity contribution in [3.05, 3.63) is 23.5 Å². The van der Waals surface area contributed by atoms with Crippen LogP contribution >= 0.6 is 11.6 Å². The summed E-state index contributed by atoms with van der Waals surface area (Å²) in [6.07, 6.45) is 3.90. The van der Waals surface area contributed by atoms with Crippen LogP contribution in [0.15, 0.2) is 18.5 Å². The van der Waals surface area contributed by atoms with E-state index < -0.39 is 11.6 Å². The molecule has 0 saturated carbocycles. The predicted molar refractivity (Wildman–Crippen MR) is 84.2 cm³/mol. The molecular formula is C16H21ClN2O2. The lowest BCUT2D eigenvalue weighted by molar-refractivity contribution is -0.129. The number of hydrogen-bond donors (Lipinski definition) is 1. The van der Waals surface area contributed by atoms with Crippen LogP contribution in [0, 0.1) is 11.8 Å². The van der Waals surface area contributed by atoms with Crippen LogP contribution in [0.2, 0.25) is 5.02 Å².